The van der Waals surface area contributed by atoms with Gasteiger partial charge < -0.3 is 4.98 Å². The zero-order chi connectivity index (χ0) is 20.7. The zero-order valence-electron chi connectivity index (χ0n) is 16.2. The van der Waals surface area contributed by atoms with Gasteiger partial charge in [0.2, 0.25) is 0 Å². The number of rotatable bonds is 4. The number of fused-ring (bicyclic) bond motifs is 3. The molecule has 30 heavy (non-hydrogen) atoms. The van der Waals surface area contributed by atoms with Crippen molar-refractivity contribution in [3.8, 4) is 5.69 Å². The van der Waals surface area contributed by atoms with Crippen LogP contribution in [0.15, 0.2) is 82.7 Å². The number of aromatic amines is 1. The molecule has 0 amide bonds. The molecule has 0 atom stereocenters. The Kier molecular flexibility index (Phi) is 4.85. The topological polar surface area (TPSA) is 50.7 Å². The van der Waals surface area contributed by atoms with Crippen LogP contribution >= 0.6 is 23.4 Å². The molecule has 148 valence electrons. The average molecular weight is 432 g/mol. The van der Waals surface area contributed by atoms with Crippen molar-refractivity contribution >= 4 is 45.3 Å². The lowest BCUT2D eigenvalue weighted by atomic mass is 10.2. The summed E-state index contributed by atoms with van der Waals surface area (Å²) in [5.41, 5.74) is 5.13. The van der Waals surface area contributed by atoms with E-state index in [-0.39, 0.29) is 5.56 Å². The lowest BCUT2D eigenvalue weighted by Crippen LogP contribution is -2.21. The minimum atomic E-state index is -0.120. The summed E-state index contributed by atoms with van der Waals surface area (Å²) in [7, 11) is 0. The first-order valence-corrected chi connectivity index (χ1v) is 10.9. The molecule has 6 heteroatoms. The third-order valence-corrected chi connectivity index (χ3v) is 6.33. The summed E-state index contributed by atoms with van der Waals surface area (Å²) in [6.45, 7) is 2.07. The highest BCUT2D eigenvalue weighted by Gasteiger charge is 2.17. The summed E-state index contributed by atoms with van der Waals surface area (Å²) in [4.78, 5) is 21.7. The number of nitrogens with zero attached hydrogens (tertiary/aromatic N) is 2. The van der Waals surface area contributed by atoms with Crippen molar-refractivity contribution in [3.05, 3.63) is 99.3 Å². The van der Waals surface area contributed by atoms with Crippen molar-refractivity contribution in [2.75, 3.05) is 0 Å². The molecule has 0 fully saturated rings. The molecular weight excluding hydrogens is 414 g/mol. The van der Waals surface area contributed by atoms with Crippen LogP contribution in [-0.2, 0) is 5.75 Å². The molecule has 4 nitrogen and oxygen atoms in total. The Bertz CT molecular complexity index is 1420. The lowest BCUT2D eigenvalue weighted by molar-refractivity contribution is 0.819. The van der Waals surface area contributed by atoms with Crippen LogP contribution in [0.5, 0.6) is 0 Å². The van der Waals surface area contributed by atoms with Gasteiger partial charge in [-0.3, -0.25) is 9.36 Å². The number of thioether (sulfide) groups is 1. The smallest absolute Gasteiger partial charge is 0.283 e. The van der Waals surface area contributed by atoms with Gasteiger partial charge in [0.1, 0.15) is 11.0 Å². The Balaban J connectivity index is 1.69. The number of hydrogen-bond donors (Lipinski definition) is 1. The highest BCUT2D eigenvalue weighted by Crippen LogP contribution is 2.28. The predicted octanol–water partition coefficient (Wildman–Crippen LogP) is 6.12. The largest absolute Gasteiger partial charge is 0.349 e. The molecular formula is C24H18ClN3OS. The molecule has 5 rings (SSSR count). The van der Waals surface area contributed by atoms with Crippen LogP contribution in [0.4, 0.5) is 0 Å². The molecule has 0 spiro atoms. The van der Waals surface area contributed by atoms with E-state index in [0.29, 0.717) is 27.0 Å². The molecule has 2 aromatic heterocycles. The number of halogens is 1. The summed E-state index contributed by atoms with van der Waals surface area (Å²) < 4.78 is 1.66. The van der Waals surface area contributed by atoms with Gasteiger partial charge in [0.15, 0.2) is 5.16 Å². The summed E-state index contributed by atoms with van der Waals surface area (Å²) in [6.07, 6.45) is 0. The van der Waals surface area contributed by atoms with Crippen molar-refractivity contribution < 1.29 is 0 Å². The fraction of sp³-hybridized carbons (Fsp3) is 0.0833. The van der Waals surface area contributed by atoms with E-state index in [1.807, 2.05) is 36.4 Å². The van der Waals surface area contributed by atoms with Gasteiger partial charge in [-0.25, -0.2) is 4.98 Å². The first kappa shape index (κ1) is 19.0. The van der Waals surface area contributed by atoms with Crippen molar-refractivity contribution in [2.45, 2.75) is 17.8 Å². The maximum atomic E-state index is 13.5. The molecule has 0 unspecified atom stereocenters. The summed E-state index contributed by atoms with van der Waals surface area (Å²) in [5, 5.41) is 2.23. The van der Waals surface area contributed by atoms with E-state index in [9.17, 15) is 4.79 Å². The first-order valence-electron chi connectivity index (χ1n) is 9.58. The normalized spacial score (nSPS) is 11.4. The van der Waals surface area contributed by atoms with Crippen LogP contribution in [0.2, 0.25) is 5.02 Å². The highest BCUT2D eigenvalue weighted by atomic mass is 35.5. The number of benzene rings is 3. The van der Waals surface area contributed by atoms with Crippen molar-refractivity contribution in [1.82, 2.24) is 14.5 Å². The fourth-order valence-corrected chi connectivity index (χ4v) is 4.58. The van der Waals surface area contributed by atoms with Crippen LogP contribution < -0.4 is 5.56 Å². The molecule has 2 heterocycles. The third-order valence-electron chi connectivity index (χ3n) is 5.07. The van der Waals surface area contributed by atoms with Crippen LogP contribution in [0, 0.1) is 6.92 Å². The van der Waals surface area contributed by atoms with E-state index >= 15 is 0 Å². The Morgan fingerprint density at radius 1 is 1.00 bits per heavy atom. The molecule has 0 aliphatic carbocycles. The monoisotopic (exact) mass is 431 g/mol. The van der Waals surface area contributed by atoms with Gasteiger partial charge in [0.25, 0.3) is 5.56 Å². The second kappa shape index (κ2) is 7.67. The van der Waals surface area contributed by atoms with Crippen LogP contribution in [0.1, 0.15) is 11.1 Å². The average Bonchev–Trinajstić information content (AvgIpc) is 3.13. The van der Waals surface area contributed by atoms with E-state index < -0.39 is 0 Å². The maximum Gasteiger partial charge on any atom is 0.283 e. The fourth-order valence-electron chi connectivity index (χ4n) is 3.49. The minimum absolute atomic E-state index is 0.120. The molecule has 0 aliphatic heterocycles. The maximum absolute atomic E-state index is 13.5. The van der Waals surface area contributed by atoms with Crippen LogP contribution in [-0.4, -0.2) is 14.5 Å². The summed E-state index contributed by atoms with van der Waals surface area (Å²) >= 11 is 7.62. The molecule has 0 saturated heterocycles. The van der Waals surface area contributed by atoms with Crippen molar-refractivity contribution in [2.24, 2.45) is 0 Å². The Labute approximate surface area is 182 Å². The van der Waals surface area contributed by atoms with Gasteiger partial charge in [0, 0.05) is 21.7 Å². The van der Waals surface area contributed by atoms with Gasteiger partial charge in [-0.05, 0) is 42.8 Å². The Hall–Kier alpha value is -3.02. The number of aryl methyl sites for hydroxylation is 1. The van der Waals surface area contributed by atoms with E-state index in [0.717, 1.165) is 16.6 Å². The summed E-state index contributed by atoms with van der Waals surface area (Å²) in [5.74, 6) is 0.716. The molecule has 0 bridgehead atoms. The van der Waals surface area contributed by atoms with Gasteiger partial charge >= 0.3 is 0 Å². The van der Waals surface area contributed by atoms with Crippen molar-refractivity contribution in [3.63, 3.8) is 0 Å². The third kappa shape index (κ3) is 3.40. The molecule has 0 radical (unpaired) electrons. The molecule has 3 aromatic carbocycles. The summed E-state index contributed by atoms with van der Waals surface area (Å²) in [6, 6.07) is 23.5. The van der Waals surface area contributed by atoms with E-state index in [2.05, 4.69) is 36.2 Å². The quantitative estimate of drug-likeness (QED) is 0.275. The lowest BCUT2D eigenvalue weighted by Gasteiger charge is -2.12. The zero-order valence-corrected chi connectivity index (χ0v) is 17.8. The number of nitrogens with one attached hydrogen (secondary N) is 1. The van der Waals surface area contributed by atoms with Gasteiger partial charge in [-0.1, -0.05) is 71.4 Å². The van der Waals surface area contributed by atoms with Crippen LogP contribution in [0.3, 0.4) is 0 Å². The number of aromatic nitrogens is 3. The van der Waals surface area contributed by atoms with Gasteiger partial charge in [-0.2, -0.15) is 0 Å². The number of hydrogen-bond acceptors (Lipinski definition) is 3. The second-order valence-corrected chi connectivity index (χ2v) is 8.56. The standard InChI is InChI=1S/C24H18ClN3OS/c1-15-6-8-16(9-7-15)14-30-24-27-21-19-4-2-3-5-20(19)26-22(21)23(29)28(24)18-12-10-17(25)11-13-18/h2-13,26H,14H2,1H3. The SMILES string of the molecule is Cc1ccc(CSc2nc3c([nH]c4ccccc43)c(=O)n2-c2ccc(Cl)cc2)cc1. The molecule has 1 N–H and O–H groups in total. The molecule has 0 saturated carbocycles. The van der Waals surface area contributed by atoms with Crippen molar-refractivity contribution in [1.29, 1.82) is 0 Å². The number of para-hydroxylation sites is 1. The van der Waals surface area contributed by atoms with E-state index in [1.165, 1.54) is 11.1 Å². The minimum Gasteiger partial charge on any atom is -0.349 e. The Morgan fingerprint density at radius 3 is 2.50 bits per heavy atom. The van der Waals surface area contributed by atoms with Crippen LogP contribution in [0.25, 0.3) is 27.6 Å². The number of H-pyrrole nitrogens is 1. The van der Waals surface area contributed by atoms with Gasteiger partial charge in [-0.15, -0.1) is 0 Å². The molecule has 5 aromatic rings. The molecule has 0 aliphatic rings. The van der Waals surface area contributed by atoms with E-state index in [1.54, 1.807) is 28.5 Å². The Morgan fingerprint density at radius 2 is 1.73 bits per heavy atom. The van der Waals surface area contributed by atoms with E-state index in [4.69, 9.17) is 16.6 Å². The first-order chi connectivity index (χ1) is 14.6. The predicted molar refractivity (Wildman–Crippen MR) is 125 cm³/mol. The second-order valence-electron chi connectivity index (χ2n) is 7.18. The van der Waals surface area contributed by atoms with Gasteiger partial charge in [0.05, 0.1) is 5.69 Å². The highest BCUT2D eigenvalue weighted by molar-refractivity contribution is 7.98.